The van der Waals surface area contributed by atoms with Gasteiger partial charge in [-0.15, -0.1) is 0 Å². The second kappa shape index (κ2) is 8.82. The van der Waals surface area contributed by atoms with Crippen molar-refractivity contribution in [2.75, 3.05) is 11.5 Å². The molecule has 168 valence electrons. The largest absolute Gasteiger partial charge is 0.508 e. The van der Waals surface area contributed by atoms with Crippen LogP contribution in [0, 0.1) is 13.8 Å². The van der Waals surface area contributed by atoms with Crippen LogP contribution in [0.2, 0.25) is 0 Å². The van der Waals surface area contributed by atoms with Crippen LogP contribution in [-0.2, 0) is 9.59 Å². The van der Waals surface area contributed by atoms with Gasteiger partial charge in [-0.1, -0.05) is 36.4 Å². The number of aryl methyl sites for hydroxylation is 2. The summed E-state index contributed by atoms with van der Waals surface area (Å²) in [5.41, 5.74) is 3.31. The van der Waals surface area contributed by atoms with E-state index in [1.807, 2.05) is 39.0 Å². The van der Waals surface area contributed by atoms with Crippen LogP contribution >= 0.6 is 0 Å². The number of aromatic hydroxyl groups is 1. The molecule has 6 heteroatoms. The Morgan fingerprint density at radius 3 is 2.42 bits per heavy atom. The minimum absolute atomic E-state index is 0.0137. The Kier molecular flexibility index (Phi) is 5.92. The SMILES string of the molecule is CCOc1cccc(/C(O)=C2\C(=O)C(=O)N(c3cc(C)ccc3C)C2c2ccc(O)cc2)c1. The maximum atomic E-state index is 13.3. The minimum atomic E-state index is -0.859. The van der Waals surface area contributed by atoms with Crippen LogP contribution in [0.5, 0.6) is 11.5 Å². The minimum Gasteiger partial charge on any atom is -0.508 e. The molecule has 4 rings (SSSR count). The van der Waals surface area contributed by atoms with E-state index in [0.717, 1.165) is 11.1 Å². The van der Waals surface area contributed by atoms with E-state index in [2.05, 4.69) is 0 Å². The number of benzene rings is 3. The number of hydrogen-bond donors (Lipinski definition) is 2. The number of ketones is 1. The van der Waals surface area contributed by atoms with Gasteiger partial charge in [0.05, 0.1) is 18.2 Å². The first kappa shape index (κ1) is 22.1. The first-order chi connectivity index (χ1) is 15.8. The standard InChI is InChI=1S/C27H25NO5/c1-4-33-21-7-5-6-19(15-21)25(30)23-24(18-10-12-20(29)13-11-18)28(27(32)26(23)31)22-14-16(2)8-9-17(22)3/h5-15,24,29-30H,4H2,1-3H3/b25-23+. The quantitative estimate of drug-likeness (QED) is 0.328. The number of carbonyl (C=O) groups excluding carboxylic acids is 2. The highest BCUT2D eigenvalue weighted by Gasteiger charge is 2.47. The number of rotatable bonds is 5. The van der Waals surface area contributed by atoms with Crippen molar-refractivity contribution in [1.29, 1.82) is 0 Å². The van der Waals surface area contributed by atoms with E-state index in [1.54, 1.807) is 36.4 Å². The molecule has 2 N–H and O–H groups in total. The third-order valence-electron chi connectivity index (χ3n) is 5.70. The number of aliphatic hydroxyl groups is 1. The molecule has 1 heterocycles. The van der Waals surface area contributed by atoms with Crippen molar-refractivity contribution in [3.63, 3.8) is 0 Å². The zero-order valence-corrected chi connectivity index (χ0v) is 18.7. The van der Waals surface area contributed by atoms with Gasteiger partial charge in [-0.25, -0.2) is 0 Å². The zero-order valence-electron chi connectivity index (χ0n) is 18.7. The number of aliphatic hydroxyl groups excluding tert-OH is 1. The van der Waals surface area contributed by atoms with E-state index < -0.39 is 17.7 Å². The predicted molar refractivity (Wildman–Crippen MR) is 126 cm³/mol. The van der Waals surface area contributed by atoms with Crippen LogP contribution in [0.3, 0.4) is 0 Å². The lowest BCUT2D eigenvalue weighted by Gasteiger charge is -2.27. The summed E-state index contributed by atoms with van der Waals surface area (Å²) in [5.74, 6) is -1.16. The summed E-state index contributed by atoms with van der Waals surface area (Å²) in [4.78, 5) is 28.0. The third-order valence-corrected chi connectivity index (χ3v) is 5.70. The van der Waals surface area contributed by atoms with Gasteiger partial charge in [0.2, 0.25) is 0 Å². The van der Waals surface area contributed by atoms with Crippen LogP contribution in [-0.4, -0.2) is 28.5 Å². The van der Waals surface area contributed by atoms with E-state index in [1.165, 1.54) is 17.0 Å². The van der Waals surface area contributed by atoms with Gasteiger partial charge >= 0.3 is 0 Å². The van der Waals surface area contributed by atoms with E-state index in [0.29, 0.717) is 29.2 Å². The van der Waals surface area contributed by atoms with Crippen LogP contribution in [0.25, 0.3) is 5.76 Å². The summed E-state index contributed by atoms with van der Waals surface area (Å²) in [7, 11) is 0. The number of carbonyl (C=O) groups is 2. The van der Waals surface area contributed by atoms with E-state index in [-0.39, 0.29) is 17.1 Å². The summed E-state index contributed by atoms with van der Waals surface area (Å²) in [5, 5.41) is 21.0. The van der Waals surface area contributed by atoms with Gasteiger partial charge in [-0.3, -0.25) is 14.5 Å². The molecule has 1 saturated heterocycles. The molecule has 3 aromatic rings. The molecule has 1 atom stereocenters. The van der Waals surface area contributed by atoms with E-state index in [4.69, 9.17) is 4.74 Å². The van der Waals surface area contributed by atoms with Crippen molar-refractivity contribution in [3.05, 3.63) is 94.6 Å². The lowest BCUT2D eigenvalue weighted by Crippen LogP contribution is -2.30. The Balaban J connectivity index is 1.95. The summed E-state index contributed by atoms with van der Waals surface area (Å²) in [6.45, 7) is 6.09. The van der Waals surface area contributed by atoms with Crippen LogP contribution < -0.4 is 9.64 Å². The topological polar surface area (TPSA) is 87.1 Å². The van der Waals surface area contributed by atoms with Gasteiger partial charge in [0.25, 0.3) is 11.7 Å². The molecular formula is C27H25NO5. The molecule has 0 spiro atoms. The maximum absolute atomic E-state index is 13.3. The molecule has 1 aliphatic rings. The Bertz CT molecular complexity index is 1260. The zero-order chi connectivity index (χ0) is 23.7. The Morgan fingerprint density at radius 2 is 1.73 bits per heavy atom. The molecule has 1 fully saturated rings. The fraction of sp³-hybridized carbons (Fsp3) is 0.185. The van der Waals surface area contributed by atoms with Crippen molar-refractivity contribution in [3.8, 4) is 11.5 Å². The fourth-order valence-electron chi connectivity index (χ4n) is 4.09. The van der Waals surface area contributed by atoms with Gasteiger partial charge in [0.1, 0.15) is 17.3 Å². The normalized spacial score (nSPS) is 17.4. The number of Topliss-reactive ketones (excluding diaryl/α,β-unsaturated/α-hetero) is 1. The lowest BCUT2D eigenvalue weighted by molar-refractivity contribution is -0.132. The number of nitrogens with zero attached hydrogens (tertiary/aromatic N) is 1. The second-order valence-electron chi connectivity index (χ2n) is 8.01. The van der Waals surface area contributed by atoms with Crippen molar-refractivity contribution in [2.45, 2.75) is 26.8 Å². The van der Waals surface area contributed by atoms with Gasteiger partial charge in [0.15, 0.2) is 0 Å². The van der Waals surface area contributed by atoms with Crippen LogP contribution in [0.4, 0.5) is 5.69 Å². The number of anilines is 1. The summed E-state index contributed by atoms with van der Waals surface area (Å²) >= 11 is 0. The van der Waals surface area contributed by atoms with Gasteiger partial charge in [-0.2, -0.15) is 0 Å². The van der Waals surface area contributed by atoms with Crippen LogP contribution in [0.15, 0.2) is 72.3 Å². The number of ether oxygens (including phenoxy) is 1. The molecule has 1 unspecified atom stereocenters. The number of phenols is 1. The van der Waals surface area contributed by atoms with Gasteiger partial charge < -0.3 is 14.9 Å². The fourth-order valence-corrected chi connectivity index (χ4v) is 4.09. The third kappa shape index (κ3) is 4.07. The molecule has 33 heavy (non-hydrogen) atoms. The highest BCUT2D eigenvalue weighted by Crippen LogP contribution is 2.43. The van der Waals surface area contributed by atoms with Crippen molar-refractivity contribution < 1.29 is 24.5 Å². The number of phenolic OH excluding ortho intramolecular Hbond substituents is 1. The average Bonchev–Trinajstić information content (AvgIpc) is 3.06. The number of hydrogen-bond acceptors (Lipinski definition) is 5. The predicted octanol–water partition coefficient (Wildman–Crippen LogP) is 5.03. The summed E-state index contributed by atoms with van der Waals surface area (Å²) in [6.07, 6.45) is 0. The molecule has 1 aliphatic heterocycles. The molecule has 0 bridgehead atoms. The van der Waals surface area contributed by atoms with E-state index >= 15 is 0 Å². The first-order valence-electron chi connectivity index (χ1n) is 10.7. The van der Waals surface area contributed by atoms with Gasteiger partial charge in [0, 0.05) is 11.3 Å². The molecule has 1 amide bonds. The highest BCUT2D eigenvalue weighted by atomic mass is 16.5. The molecule has 3 aromatic carbocycles. The second-order valence-corrected chi connectivity index (χ2v) is 8.01. The highest BCUT2D eigenvalue weighted by molar-refractivity contribution is 6.51. The Labute approximate surface area is 192 Å². The van der Waals surface area contributed by atoms with Crippen molar-refractivity contribution >= 4 is 23.1 Å². The van der Waals surface area contributed by atoms with Crippen LogP contribution in [0.1, 0.15) is 35.2 Å². The molecule has 0 radical (unpaired) electrons. The number of amides is 1. The molecule has 0 saturated carbocycles. The van der Waals surface area contributed by atoms with Crippen molar-refractivity contribution in [2.24, 2.45) is 0 Å². The first-order valence-corrected chi connectivity index (χ1v) is 10.7. The molecule has 0 aromatic heterocycles. The molecular weight excluding hydrogens is 418 g/mol. The average molecular weight is 443 g/mol. The van der Waals surface area contributed by atoms with Gasteiger partial charge in [-0.05, 0) is 67.8 Å². The smallest absolute Gasteiger partial charge is 0.300 e. The monoisotopic (exact) mass is 443 g/mol. The molecule has 0 aliphatic carbocycles. The maximum Gasteiger partial charge on any atom is 0.300 e. The lowest BCUT2D eigenvalue weighted by atomic mass is 9.94. The van der Waals surface area contributed by atoms with Crippen molar-refractivity contribution in [1.82, 2.24) is 0 Å². The van der Waals surface area contributed by atoms with E-state index in [9.17, 15) is 19.8 Å². The summed E-state index contributed by atoms with van der Waals surface area (Å²) < 4.78 is 5.53. The summed E-state index contributed by atoms with van der Waals surface area (Å²) in [6, 6.07) is 17.9. The molecule has 6 nitrogen and oxygen atoms in total. The Hall–Kier alpha value is -4.06. The Morgan fingerprint density at radius 1 is 1.00 bits per heavy atom.